The maximum atomic E-state index is 11.7. The second-order valence-corrected chi connectivity index (χ2v) is 4.55. The maximum Gasteiger partial charge on any atom is 0.307 e. The molecule has 0 spiro atoms. The number of hydrogen-bond donors (Lipinski definition) is 2. The van der Waals surface area contributed by atoms with Crippen LogP contribution in [-0.2, 0) is 9.59 Å². The molecule has 1 aliphatic rings. The minimum absolute atomic E-state index is 0.149. The topological polar surface area (TPSA) is 66.4 Å². The second-order valence-electron chi connectivity index (χ2n) is 4.55. The molecule has 0 aliphatic heterocycles. The van der Waals surface area contributed by atoms with E-state index in [0.29, 0.717) is 5.92 Å². The summed E-state index contributed by atoms with van der Waals surface area (Å²) in [5.41, 5.74) is 0. The number of hydrogen-bond acceptors (Lipinski definition) is 2. The number of rotatable bonds is 5. The van der Waals surface area contributed by atoms with Gasteiger partial charge >= 0.3 is 5.97 Å². The zero-order valence-electron chi connectivity index (χ0n) is 9.49. The molecule has 1 saturated carbocycles. The second kappa shape index (κ2) is 4.64. The normalized spacial score (nSPS) is 21.5. The Kier molecular flexibility index (Phi) is 3.72. The summed E-state index contributed by atoms with van der Waals surface area (Å²) < 4.78 is 0. The van der Waals surface area contributed by atoms with Crippen LogP contribution in [0.3, 0.4) is 0 Å². The van der Waals surface area contributed by atoms with Gasteiger partial charge in [-0.2, -0.15) is 0 Å². The summed E-state index contributed by atoms with van der Waals surface area (Å²) in [4.78, 5) is 22.4. The lowest BCUT2D eigenvalue weighted by atomic mass is 9.95. The molecule has 86 valence electrons. The molecule has 2 N–H and O–H groups in total. The van der Waals surface area contributed by atoms with E-state index in [1.54, 1.807) is 13.8 Å². The third kappa shape index (κ3) is 3.22. The van der Waals surface area contributed by atoms with Crippen LogP contribution in [0.2, 0.25) is 0 Å². The number of carbonyl (C=O) groups is 2. The van der Waals surface area contributed by atoms with E-state index in [9.17, 15) is 9.59 Å². The smallest absolute Gasteiger partial charge is 0.307 e. The van der Waals surface area contributed by atoms with Crippen molar-refractivity contribution in [2.45, 2.75) is 39.7 Å². The lowest BCUT2D eigenvalue weighted by Crippen LogP contribution is -2.40. The molecule has 1 amide bonds. The molecule has 1 fully saturated rings. The van der Waals surface area contributed by atoms with Gasteiger partial charge in [0.25, 0.3) is 0 Å². The highest BCUT2D eigenvalue weighted by Crippen LogP contribution is 2.32. The molecule has 1 rings (SSSR count). The molecular formula is C11H19NO3. The average Bonchev–Trinajstić information content (AvgIpc) is 2.98. The highest BCUT2D eigenvalue weighted by atomic mass is 16.4. The van der Waals surface area contributed by atoms with Gasteiger partial charge < -0.3 is 10.4 Å². The first-order valence-corrected chi connectivity index (χ1v) is 5.46. The van der Waals surface area contributed by atoms with Crippen molar-refractivity contribution in [1.29, 1.82) is 0 Å². The van der Waals surface area contributed by atoms with E-state index in [1.807, 2.05) is 6.92 Å². The minimum atomic E-state index is -0.920. The summed E-state index contributed by atoms with van der Waals surface area (Å²) in [5, 5.41) is 11.7. The summed E-state index contributed by atoms with van der Waals surface area (Å²) in [6, 6.07) is 0.181. The van der Waals surface area contributed by atoms with Crippen LogP contribution in [0, 0.1) is 17.8 Å². The average molecular weight is 213 g/mol. The van der Waals surface area contributed by atoms with Crippen LogP contribution in [0.25, 0.3) is 0 Å². The Hall–Kier alpha value is -1.06. The summed E-state index contributed by atoms with van der Waals surface area (Å²) in [5.74, 6) is -1.57. The Morgan fingerprint density at radius 3 is 2.13 bits per heavy atom. The predicted octanol–water partition coefficient (Wildman–Crippen LogP) is 1.26. The van der Waals surface area contributed by atoms with Gasteiger partial charge in [-0.3, -0.25) is 9.59 Å². The molecule has 4 heteroatoms. The summed E-state index contributed by atoms with van der Waals surface area (Å²) in [6.45, 7) is 5.20. The van der Waals surface area contributed by atoms with Crippen molar-refractivity contribution in [3.8, 4) is 0 Å². The SMILES string of the molecule is CC(NC(=O)C(C)C(C)C(=O)O)C1CC1. The number of carbonyl (C=O) groups excluding carboxylic acids is 1. The molecule has 1 aliphatic carbocycles. The molecule has 0 aromatic rings. The Bertz CT molecular complexity index is 261. The van der Waals surface area contributed by atoms with E-state index in [0.717, 1.165) is 0 Å². The van der Waals surface area contributed by atoms with Gasteiger partial charge in [0.15, 0.2) is 0 Å². The Morgan fingerprint density at radius 1 is 1.20 bits per heavy atom. The largest absolute Gasteiger partial charge is 0.481 e. The number of amides is 1. The third-order valence-electron chi connectivity index (χ3n) is 3.25. The molecule has 0 saturated heterocycles. The van der Waals surface area contributed by atoms with Crippen molar-refractivity contribution in [2.24, 2.45) is 17.8 Å². The molecule has 3 atom stereocenters. The summed E-state index contributed by atoms with van der Waals surface area (Å²) in [6.07, 6.45) is 2.34. The van der Waals surface area contributed by atoms with E-state index >= 15 is 0 Å². The van der Waals surface area contributed by atoms with Crippen molar-refractivity contribution in [3.63, 3.8) is 0 Å². The van der Waals surface area contributed by atoms with Crippen LogP contribution in [0.5, 0.6) is 0 Å². The van der Waals surface area contributed by atoms with E-state index in [2.05, 4.69) is 5.32 Å². The Labute approximate surface area is 90.0 Å². The summed E-state index contributed by atoms with van der Waals surface area (Å²) in [7, 11) is 0. The predicted molar refractivity (Wildman–Crippen MR) is 56.3 cm³/mol. The molecule has 0 aromatic carbocycles. The van der Waals surface area contributed by atoms with Gasteiger partial charge in [-0.05, 0) is 25.7 Å². The van der Waals surface area contributed by atoms with Crippen LogP contribution < -0.4 is 5.32 Å². The molecular weight excluding hydrogens is 194 g/mol. The number of carboxylic acids is 1. The van der Waals surface area contributed by atoms with Crippen molar-refractivity contribution in [2.75, 3.05) is 0 Å². The van der Waals surface area contributed by atoms with Gasteiger partial charge in [0.2, 0.25) is 5.91 Å². The van der Waals surface area contributed by atoms with E-state index in [4.69, 9.17) is 5.11 Å². The van der Waals surface area contributed by atoms with Gasteiger partial charge in [-0.1, -0.05) is 13.8 Å². The molecule has 0 bridgehead atoms. The molecule has 15 heavy (non-hydrogen) atoms. The summed E-state index contributed by atoms with van der Waals surface area (Å²) >= 11 is 0. The lowest BCUT2D eigenvalue weighted by Gasteiger charge is -2.19. The molecule has 0 heterocycles. The van der Waals surface area contributed by atoms with E-state index in [-0.39, 0.29) is 11.9 Å². The van der Waals surface area contributed by atoms with Crippen LogP contribution >= 0.6 is 0 Å². The first-order chi connectivity index (χ1) is 6.93. The van der Waals surface area contributed by atoms with Crippen LogP contribution in [0.1, 0.15) is 33.6 Å². The Morgan fingerprint density at radius 2 is 1.73 bits per heavy atom. The highest BCUT2D eigenvalue weighted by Gasteiger charge is 2.32. The van der Waals surface area contributed by atoms with Gasteiger partial charge in [-0.25, -0.2) is 0 Å². The van der Waals surface area contributed by atoms with E-state index < -0.39 is 17.8 Å². The van der Waals surface area contributed by atoms with Crippen molar-refractivity contribution in [1.82, 2.24) is 5.32 Å². The number of aliphatic carboxylic acids is 1. The quantitative estimate of drug-likeness (QED) is 0.722. The fourth-order valence-corrected chi connectivity index (χ4v) is 1.51. The standard InChI is InChI=1S/C11H19NO3/c1-6(7(2)11(14)15)10(13)12-8(3)9-4-5-9/h6-9H,4-5H2,1-3H3,(H,12,13)(H,14,15). The third-order valence-corrected chi connectivity index (χ3v) is 3.25. The lowest BCUT2D eigenvalue weighted by molar-refractivity contribution is -0.146. The monoisotopic (exact) mass is 213 g/mol. The van der Waals surface area contributed by atoms with Crippen LogP contribution in [-0.4, -0.2) is 23.0 Å². The first kappa shape index (κ1) is 12.0. The number of nitrogens with one attached hydrogen (secondary N) is 1. The first-order valence-electron chi connectivity index (χ1n) is 5.46. The molecule has 0 radical (unpaired) electrons. The van der Waals surface area contributed by atoms with Gasteiger partial charge in [0.05, 0.1) is 5.92 Å². The fraction of sp³-hybridized carbons (Fsp3) is 0.818. The Balaban J connectivity index is 2.41. The van der Waals surface area contributed by atoms with Crippen molar-refractivity contribution >= 4 is 11.9 Å². The zero-order valence-corrected chi connectivity index (χ0v) is 9.49. The molecule has 3 unspecified atom stereocenters. The number of carboxylic acid groups (broad SMARTS) is 1. The maximum absolute atomic E-state index is 11.7. The minimum Gasteiger partial charge on any atom is -0.481 e. The zero-order chi connectivity index (χ0) is 11.6. The van der Waals surface area contributed by atoms with Crippen molar-refractivity contribution in [3.05, 3.63) is 0 Å². The van der Waals surface area contributed by atoms with Gasteiger partial charge in [-0.15, -0.1) is 0 Å². The van der Waals surface area contributed by atoms with Gasteiger partial charge in [0.1, 0.15) is 0 Å². The van der Waals surface area contributed by atoms with E-state index in [1.165, 1.54) is 12.8 Å². The molecule has 0 aromatic heterocycles. The van der Waals surface area contributed by atoms with Gasteiger partial charge in [0, 0.05) is 12.0 Å². The van der Waals surface area contributed by atoms with Crippen LogP contribution in [0.4, 0.5) is 0 Å². The van der Waals surface area contributed by atoms with Crippen LogP contribution in [0.15, 0.2) is 0 Å². The fourth-order valence-electron chi connectivity index (χ4n) is 1.51. The highest BCUT2D eigenvalue weighted by molar-refractivity contribution is 5.84. The van der Waals surface area contributed by atoms with Crippen molar-refractivity contribution < 1.29 is 14.7 Å². The molecule has 4 nitrogen and oxygen atoms in total.